The highest BCUT2D eigenvalue weighted by Gasteiger charge is 2.23. The van der Waals surface area contributed by atoms with Crippen LogP contribution in [0.2, 0.25) is 0 Å². The number of carbonyl (C=O) groups is 1. The minimum absolute atomic E-state index is 0.0530. The third kappa shape index (κ3) is 5.49. The Morgan fingerprint density at radius 3 is 2.59 bits per heavy atom. The molecule has 0 bridgehead atoms. The van der Waals surface area contributed by atoms with Gasteiger partial charge in [0, 0.05) is 32.2 Å². The molecule has 2 heterocycles. The van der Waals surface area contributed by atoms with Gasteiger partial charge in [-0.1, -0.05) is 12.1 Å². The van der Waals surface area contributed by atoms with Gasteiger partial charge in [-0.25, -0.2) is 9.78 Å². The van der Waals surface area contributed by atoms with Crippen molar-refractivity contribution in [2.45, 2.75) is 33.8 Å². The van der Waals surface area contributed by atoms with Gasteiger partial charge in [0.1, 0.15) is 17.4 Å². The Bertz CT molecular complexity index is 835. The van der Waals surface area contributed by atoms with Crippen LogP contribution in [0.1, 0.15) is 26.6 Å². The van der Waals surface area contributed by atoms with E-state index in [-0.39, 0.29) is 12.1 Å². The van der Waals surface area contributed by atoms with Crippen LogP contribution in [0.15, 0.2) is 30.3 Å². The van der Waals surface area contributed by atoms with Crippen LogP contribution in [0.4, 0.5) is 16.3 Å². The quantitative estimate of drug-likeness (QED) is 0.803. The number of para-hydroxylation sites is 2. The molecule has 156 valence electrons. The lowest BCUT2D eigenvalue weighted by Gasteiger charge is -2.35. The Hall–Kier alpha value is -3.03. The zero-order valence-electron chi connectivity index (χ0n) is 17.5. The molecule has 2 aromatic rings. The molecule has 3 rings (SSSR count). The Balaban J connectivity index is 1.61. The molecule has 1 aromatic heterocycles. The molecule has 1 fully saturated rings. The fraction of sp³-hybridized carbons (Fsp3) is 0.476. The van der Waals surface area contributed by atoms with E-state index in [9.17, 15) is 4.79 Å². The van der Waals surface area contributed by atoms with Gasteiger partial charge in [0.25, 0.3) is 0 Å². The Morgan fingerprint density at radius 1 is 1.17 bits per heavy atom. The number of nitrogens with zero attached hydrogens (tertiary/aromatic N) is 4. The van der Waals surface area contributed by atoms with Crippen LogP contribution in [-0.2, 0) is 0 Å². The van der Waals surface area contributed by atoms with Crippen molar-refractivity contribution < 1.29 is 14.3 Å². The number of piperazine rings is 1. The molecule has 1 aliphatic rings. The summed E-state index contributed by atoms with van der Waals surface area (Å²) >= 11 is 0. The highest BCUT2D eigenvalue weighted by Crippen LogP contribution is 2.25. The lowest BCUT2D eigenvalue weighted by Crippen LogP contribution is -2.50. The van der Waals surface area contributed by atoms with Gasteiger partial charge in [-0.2, -0.15) is 4.98 Å². The molecule has 0 spiro atoms. The predicted octanol–water partition coefficient (Wildman–Crippen LogP) is 3.33. The number of rotatable bonds is 6. The van der Waals surface area contributed by atoms with E-state index in [1.165, 1.54) is 0 Å². The summed E-state index contributed by atoms with van der Waals surface area (Å²) < 4.78 is 11.3. The molecule has 0 radical (unpaired) electrons. The number of benzene rings is 1. The molecule has 0 saturated carbocycles. The van der Waals surface area contributed by atoms with Crippen LogP contribution in [0, 0.1) is 6.92 Å². The molecule has 1 aromatic carbocycles. The highest BCUT2D eigenvalue weighted by atomic mass is 16.5. The maximum atomic E-state index is 12.7. The number of hydrogen-bond donors (Lipinski definition) is 1. The molecule has 1 N–H and O–H groups in total. The van der Waals surface area contributed by atoms with Crippen molar-refractivity contribution in [2.24, 2.45) is 0 Å². The third-order valence-corrected chi connectivity index (χ3v) is 4.48. The average molecular weight is 399 g/mol. The number of carbonyl (C=O) groups excluding carboxylic acids is 1. The number of nitrogens with one attached hydrogen (secondary N) is 1. The van der Waals surface area contributed by atoms with Crippen LogP contribution in [-0.4, -0.2) is 59.8 Å². The molecule has 1 saturated heterocycles. The smallest absolute Gasteiger partial charge is 0.322 e. The van der Waals surface area contributed by atoms with Gasteiger partial charge in [0.2, 0.25) is 5.88 Å². The Morgan fingerprint density at radius 2 is 1.90 bits per heavy atom. The van der Waals surface area contributed by atoms with E-state index in [0.717, 1.165) is 5.82 Å². The lowest BCUT2D eigenvalue weighted by atomic mass is 10.3. The fourth-order valence-corrected chi connectivity index (χ4v) is 3.17. The van der Waals surface area contributed by atoms with E-state index in [1.54, 1.807) is 4.90 Å². The topological polar surface area (TPSA) is 79.8 Å². The van der Waals surface area contributed by atoms with Crippen molar-refractivity contribution in [1.29, 1.82) is 0 Å². The van der Waals surface area contributed by atoms with E-state index in [2.05, 4.69) is 20.2 Å². The number of urea groups is 1. The van der Waals surface area contributed by atoms with E-state index in [1.807, 2.05) is 58.0 Å². The van der Waals surface area contributed by atoms with Crippen LogP contribution in [0.5, 0.6) is 11.6 Å². The Kier molecular flexibility index (Phi) is 6.74. The summed E-state index contributed by atoms with van der Waals surface area (Å²) in [5, 5.41) is 2.96. The maximum Gasteiger partial charge on any atom is 0.322 e. The number of aromatic nitrogens is 2. The first-order chi connectivity index (χ1) is 14.0. The second-order valence-electron chi connectivity index (χ2n) is 7.11. The van der Waals surface area contributed by atoms with Crippen molar-refractivity contribution >= 4 is 17.5 Å². The summed E-state index contributed by atoms with van der Waals surface area (Å²) in [4.78, 5) is 25.5. The molecule has 8 nitrogen and oxygen atoms in total. The van der Waals surface area contributed by atoms with Gasteiger partial charge in [0.15, 0.2) is 0 Å². The van der Waals surface area contributed by atoms with Crippen LogP contribution >= 0.6 is 0 Å². The summed E-state index contributed by atoms with van der Waals surface area (Å²) in [7, 11) is 0. The molecule has 29 heavy (non-hydrogen) atoms. The van der Waals surface area contributed by atoms with Crippen molar-refractivity contribution in [2.75, 3.05) is 43.0 Å². The number of ether oxygens (including phenoxy) is 2. The standard InChI is InChI=1S/C21H29N5O3/c1-5-28-18-9-7-6-8-17(18)24-21(27)26-12-10-25(11-13-26)19-14-20(29-15(2)3)23-16(4)22-19/h6-9,14-15H,5,10-13H2,1-4H3,(H,24,27). The summed E-state index contributed by atoms with van der Waals surface area (Å²) in [5.74, 6) is 2.76. The average Bonchev–Trinajstić information content (AvgIpc) is 2.69. The summed E-state index contributed by atoms with van der Waals surface area (Å²) in [5.41, 5.74) is 0.684. The minimum Gasteiger partial charge on any atom is -0.492 e. The highest BCUT2D eigenvalue weighted by molar-refractivity contribution is 5.91. The molecule has 1 aliphatic heterocycles. The first kappa shape index (κ1) is 20.7. The van der Waals surface area contributed by atoms with Crippen LogP contribution in [0.25, 0.3) is 0 Å². The van der Waals surface area contributed by atoms with Crippen molar-refractivity contribution in [3.8, 4) is 11.6 Å². The predicted molar refractivity (Wildman–Crippen MR) is 113 cm³/mol. The molecular formula is C21H29N5O3. The summed E-state index contributed by atoms with van der Waals surface area (Å²) in [6.45, 7) is 10.9. The van der Waals surface area contributed by atoms with E-state index in [4.69, 9.17) is 9.47 Å². The largest absolute Gasteiger partial charge is 0.492 e. The molecular weight excluding hydrogens is 370 g/mol. The number of anilines is 2. The molecule has 2 amide bonds. The SMILES string of the molecule is CCOc1ccccc1NC(=O)N1CCN(c2cc(OC(C)C)nc(C)n2)CC1. The van der Waals surface area contributed by atoms with Gasteiger partial charge in [0.05, 0.1) is 18.4 Å². The van der Waals surface area contributed by atoms with Crippen molar-refractivity contribution in [1.82, 2.24) is 14.9 Å². The van der Waals surface area contributed by atoms with Gasteiger partial charge >= 0.3 is 6.03 Å². The minimum atomic E-state index is -0.125. The zero-order chi connectivity index (χ0) is 20.8. The normalized spacial score (nSPS) is 14.1. The van der Waals surface area contributed by atoms with Gasteiger partial charge < -0.3 is 24.6 Å². The lowest BCUT2D eigenvalue weighted by molar-refractivity contribution is 0.207. The zero-order valence-corrected chi connectivity index (χ0v) is 17.5. The first-order valence-electron chi connectivity index (χ1n) is 10.0. The van der Waals surface area contributed by atoms with E-state index < -0.39 is 0 Å². The molecule has 0 unspecified atom stereocenters. The fourth-order valence-electron chi connectivity index (χ4n) is 3.17. The second kappa shape index (κ2) is 9.45. The third-order valence-electron chi connectivity index (χ3n) is 4.48. The number of aryl methyl sites for hydroxylation is 1. The second-order valence-corrected chi connectivity index (χ2v) is 7.11. The van der Waals surface area contributed by atoms with Gasteiger partial charge in [-0.3, -0.25) is 0 Å². The number of amides is 2. The van der Waals surface area contributed by atoms with E-state index >= 15 is 0 Å². The Labute approximate surface area is 171 Å². The summed E-state index contributed by atoms with van der Waals surface area (Å²) in [6.07, 6.45) is 0.0530. The van der Waals surface area contributed by atoms with Gasteiger partial charge in [-0.15, -0.1) is 0 Å². The first-order valence-corrected chi connectivity index (χ1v) is 10.0. The molecule has 0 aliphatic carbocycles. The van der Waals surface area contributed by atoms with Gasteiger partial charge in [-0.05, 0) is 39.8 Å². The van der Waals surface area contributed by atoms with E-state index in [0.29, 0.717) is 55.9 Å². The maximum absolute atomic E-state index is 12.7. The van der Waals surface area contributed by atoms with Crippen molar-refractivity contribution in [3.63, 3.8) is 0 Å². The number of hydrogen-bond acceptors (Lipinski definition) is 6. The van der Waals surface area contributed by atoms with Crippen LogP contribution in [0.3, 0.4) is 0 Å². The molecule has 8 heteroatoms. The van der Waals surface area contributed by atoms with Crippen molar-refractivity contribution in [3.05, 3.63) is 36.2 Å². The monoisotopic (exact) mass is 399 g/mol. The summed E-state index contributed by atoms with van der Waals surface area (Å²) in [6, 6.07) is 9.20. The molecule has 0 atom stereocenters. The van der Waals surface area contributed by atoms with Crippen LogP contribution < -0.4 is 19.7 Å².